The van der Waals surface area contributed by atoms with Crippen LogP contribution in [0, 0.1) is 0 Å². The van der Waals surface area contributed by atoms with Crippen LogP contribution in [0.15, 0.2) is 48.8 Å². The number of carbonyl (C=O) groups is 1. The molecule has 0 atom stereocenters. The first kappa shape index (κ1) is 14.5. The van der Waals surface area contributed by atoms with Crippen molar-refractivity contribution in [2.45, 2.75) is 6.54 Å². The Bertz CT molecular complexity index is 619. The molecule has 1 aliphatic rings. The van der Waals surface area contributed by atoms with E-state index < -0.39 is 0 Å². The third-order valence-corrected chi connectivity index (χ3v) is 4.02. The number of nitrogens with two attached hydrogens (primary N) is 1. The summed E-state index contributed by atoms with van der Waals surface area (Å²) in [5.74, 6) is -0.382. The number of piperazine rings is 1. The van der Waals surface area contributed by atoms with E-state index in [2.05, 4.69) is 20.9 Å². The van der Waals surface area contributed by atoms with Crippen molar-refractivity contribution in [3.05, 3.63) is 59.9 Å². The number of carbonyl (C=O) groups excluding carboxylic acids is 1. The van der Waals surface area contributed by atoms with Crippen LogP contribution in [-0.2, 0) is 6.54 Å². The van der Waals surface area contributed by atoms with Gasteiger partial charge in [0.25, 0.3) is 0 Å². The molecule has 0 spiro atoms. The minimum absolute atomic E-state index is 0.382. The highest BCUT2D eigenvalue weighted by Gasteiger charge is 2.17. The van der Waals surface area contributed by atoms with Gasteiger partial charge in [-0.25, -0.2) is 0 Å². The maximum Gasteiger partial charge on any atom is 0.248 e. The van der Waals surface area contributed by atoms with E-state index in [1.165, 1.54) is 5.56 Å². The predicted molar refractivity (Wildman–Crippen MR) is 86.7 cm³/mol. The number of anilines is 1. The molecule has 1 fully saturated rings. The van der Waals surface area contributed by atoms with Crippen molar-refractivity contribution in [1.82, 2.24) is 9.88 Å². The largest absolute Gasteiger partial charge is 0.369 e. The summed E-state index contributed by atoms with van der Waals surface area (Å²) < 4.78 is 0. The second kappa shape index (κ2) is 6.58. The molecule has 5 heteroatoms. The normalized spacial score (nSPS) is 15.7. The van der Waals surface area contributed by atoms with Gasteiger partial charge in [0, 0.05) is 56.4 Å². The van der Waals surface area contributed by atoms with Crippen molar-refractivity contribution >= 4 is 11.6 Å². The lowest BCUT2D eigenvalue weighted by atomic mass is 10.1. The summed E-state index contributed by atoms with van der Waals surface area (Å²) >= 11 is 0. The number of benzene rings is 1. The fourth-order valence-corrected chi connectivity index (χ4v) is 2.75. The van der Waals surface area contributed by atoms with Crippen LogP contribution in [-0.4, -0.2) is 42.0 Å². The van der Waals surface area contributed by atoms with Crippen molar-refractivity contribution in [2.75, 3.05) is 31.1 Å². The molecule has 2 heterocycles. The molecule has 2 aromatic rings. The van der Waals surface area contributed by atoms with Crippen molar-refractivity contribution in [3.63, 3.8) is 0 Å². The first-order valence-electron chi connectivity index (χ1n) is 7.48. The van der Waals surface area contributed by atoms with Crippen LogP contribution < -0.4 is 10.6 Å². The van der Waals surface area contributed by atoms with Gasteiger partial charge in [0.15, 0.2) is 0 Å². The van der Waals surface area contributed by atoms with Gasteiger partial charge in [-0.1, -0.05) is 6.07 Å². The molecule has 1 amide bonds. The van der Waals surface area contributed by atoms with Crippen LogP contribution in [0.2, 0.25) is 0 Å². The Morgan fingerprint density at radius 1 is 1.09 bits per heavy atom. The number of aromatic nitrogens is 1. The van der Waals surface area contributed by atoms with Crippen LogP contribution in [0.25, 0.3) is 0 Å². The van der Waals surface area contributed by atoms with Gasteiger partial charge in [-0.2, -0.15) is 0 Å². The molecule has 1 saturated heterocycles. The van der Waals surface area contributed by atoms with E-state index in [0.717, 1.165) is 38.4 Å². The molecule has 1 aromatic heterocycles. The fourth-order valence-electron chi connectivity index (χ4n) is 2.75. The molecule has 3 rings (SSSR count). The summed E-state index contributed by atoms with van der Waals surface area (Å²) in [5.41, 5.74) is 8.22. The minimum Gasteiger partial charge on any atom is -0.369 e. The Balaban J connectivity index is 1.56. The van der Waals surface area contributed by atoms with Gasteiger partial charge in [0.1, 0.15) is 0 Å². The van der Waals surface area contributed by atoms with E-state index in [1.807, 2.05) is 24.4 Å². The lowest BCUT2D eigenvalue weighted by Gasteiger charge is -2.36. The van der Waals surface area contributed by atoms with Crippen LogP contribution in [0.3, 0.4) is 0 Å². The average molecular weight is 296 g/mol. The monoisotopic (exact) mass is 296 g/mol. The van der Waals surface area contributed by atoms with Crippen LogP contribution in [0.4, 0.5) is 5.69 Å². The molecule has 22 heavy (non-hydrogen) atoms. The van der Waals surface area contributed by atoms with Gasteiger partial charge in [0.05, 0.1) is 0 Å². The zero-order chi connectivity index (χ0) is 15.4. The summed E-state index contributed by atoms with van der Waals surface area (Å²) in [6.45, 7) is 4.95. The molecule has 0 aliphatic carbocycles. The maximum atomic E-state index is 11.1. The van der Waals surface area contributed by atoms with Crippen LogP contribution in [0.5, 0.6) is 0 Å². The SMILES string of the molecule is NC(=O)c1ccc(N2CCN(Cc3cccnc3)CC2)cc1. The smallest absolute Gasteiger partial charge is 0.248 e. The highest BCUT2D eigenvalue weighted by Crippen LogP contribution is 2.18. The third kappa shape index (κ3) is 3.43. The van der Waals surface area contributed by atoms with Crippen molar-refractivity contribution in [3.8, 4) is 0 Å². The summed E-state index contributed by atoms with van der Waals surface area (Å²) in [6, 6.07) is 11.6. The Kier molecular flexibility index (Phi) is 4.34. The Hall–Kier alpha value is -2.40. The molecular weight excluding hydrogens is 276 g/mol. The number of hydrogen-bond donors (Lipinski definition) is 1. The molecule has 0 unspecified atom stereocenters. The van der Waals surface area contributed by atoms with E-state index in [4.69, 9.17) is 5.73 Å². The Morgan fingerprint density at radius 3 is 2.41 bits per heavy atom. The fraction of sp³-hybridized carbons (Fsp3) is 0.294. The quantitative estimate of drug-likeness (QED) is 0.929. The number of nitrogens with zero attached hydrogens (tertiary/aromatic N) is 3. The summed E-state index contributed by atoms with van der Waals surface area (Å²) in [5, 5.41) is 0. The molecule has 114 valence electrons. The summed E-state index contributed by atoms with van der Waals surface area (Å²) in [7, 11) is 0. The average Bonchev–Trinajstić information content (AvgIpc) is 2.57. The zero-order valence-electron chi connectivity index (χ0n) is 12.5. The summed E-state index contributed by atoms with van der Waals surface area (Å²) in [4.78, 5) is 20.0. The van der Waals surface area contributed by atoms with Crippen molar-refractivity contribution in [2.24, 2.45) is 5.73 Å². The third-order valence-electron chi connectivity index (χ3n) is 4.02. The predicted octanol–water partition coefficient (Wildman–Crippen LogP) is 1.50. The first-order chi connectivity index (χ1) is 10.7. The van der Waals surface area contributed by atoms with Gasteiger partial charge in [0.2, 0.25) is 5.91 Å². The van der Waals surface area contributed by atoms with E-state index >= 15 is 0 Å². The lowest BCUT2D eigenvalue weighted by Crippen LogP contribution is -2.46. The molecule has 0 saturated carbocycles. The maximum absolute atomic E-state index is 11.1. The molecule has 5 nitrogen and oxygen atoms in total. The Morgan fingerprint density at radius 2 is 1.82 bits per heavy atom. The molecular formula is C17H20N4O. The number of rotatable bonds is 4. The van der Waals surface area contributed by atoms with Gasteiger partial charge < -0.3 is 10.6 Å². The van der Waals surface area contributed by atoms with Gasteiger partial charge >= 0.3 is 0 Å². The molecule has 0 radical (unpaired) electrons. The number of pyridine rings is 1. The van der Waals surface area contributed by atoms with E-state index in [9.17, 15) is 4.79 Å². The molecule has 1 aromatic carbocycles. The van der Waals surface area contributed by atoms with Gasteiger partial charge in [-0.05, 0) is 35.9 Å². The minimum atomic E-state index is -0.382. The molecule has 2 N–H and O–H groups in total. The second-order valence-corrected chi connectivity index (χ2v) is 5.54. The topological polar surface area (TPSA) is 62.5 Å². The number of primary amides is 1. The highest BCUT2D eigenvalue weighted by molar-refractivity contribution is 5.93. The van der Waals surface area contributed by atoms with E-state index in [1.54, 1.807) is 18.3 Å². The van der Waals surface area contributed by atoms with Gasteiger partial charge in [-0.15, -0.1) is 0 Å². The first-order valence-corrected chi connectivity index (χ1v) is 7.48. The second-order valence-electron chi connectivity index (χ2n) is 5.54. The molecule has 0 bridgehead atoms. The highest BCUT2D eigenvalue weighted by atomic mass is 16.1. The van der Waals surface area contributed by atoms with Crippen molar-refractivity contribution in [1.29, 1.82) is 0 Å². The number of hydrogen-bond acceptors (Lipinski definition) is 4. The zero-order valence-corrected chi connectivity index (χ0v) is 12.5. The van der Waals surface area contributed by atoms with Gasteiger partial charge in [-0.3, -0.25) is 14.7 Å². The Labute approximate surface area is 130 Å². The molecule has 1 aliphatic heterocycles. The number of amides is 1. The standard InChI is InChI=1S/C17H20N4O/c18-17(22)15-3-5-16(6-4-15)21-10-8-20(9-11-21)13-14-2-1-7-19-12-14/h1-7,12H,8-11,13H2,(H2,18,22). The van der Waals surface area contributed by atoms with Crippen LogP contribution in [0.1, 0.15) is 15.9 Å². The van der Waals surface area contributed by atoms with Crippen LogP contribution >= 0.6 is 0 Å². The lowest BCUT2D eigenvalue weighted by molar-refractivity contribution is 0.100. The van der Waals surface area contributed by atoms with Crippen molar-refractivity contribution < 1.29 is 4.79 Å². The summed E-state index contributed by atoms with van der Waals surface area (Å²) in [6.07, 6.45) is 3.73. The van der Waals surface area contributed by atoms with E-state index in [0.29, 0.717) is 5.56 Å². The van der Waals surface area contributed by atoms with E-state index in [-0.39, 0.29) is 5.91 Å².